The minimum atomic E-state index is -2.14. The van der Waals surface area contributed by atoms with Crippen LogP contribution in [0.1, 0.15) is 178 Å². The Kier molecular flexibility index (Phi) is 26.6. The van der Waals surface area contributed by atoms with Gasteiger partial charge in [-0.15, -0.1) is 0 Å². The summed E-state index contributed by atoms with van der Waals surface area (Å²) >= 11 is 9.77. The fourth-order valence-corrected chi connectivity index (χ4v) is 45.2. The summed E-state index contributed by atoms with van der Waals surface area (Å²) in [5.74, 6) is 0. The van der Waals surface area contributed by atoms with Crippen molar-refractivity contribution in [3.05, 3.63) is 0 Å². The molecule has 1 N–H and O–H groups in total. The monoisotopic (exact) mass is 1070 g/mol. The molecular formula is C41H90I3OP3. The van der Waals surface area contributed by atoms with Crippen molar-refractivity contribution in [3.8, 4) is 0 Å². The fourth-order valence-electron chi connectivity index (χ4n) is 9.51. The second kappa shape index (κ2) is 24.8. The van der Waals surface area contributed by atoms with Crippen LogP contribution in [0.15, 0.2) is 0 Å². The van der Waals surface area contributed by atoms with Gasteiger partial charge in [0.2, 0.25) is 0 Å². The van der Waals surface area contributed by atoms with Gasteiger partial charge in [0.15, 0.2) is 0 Å². The predicted molar refractivity (Wildman–Crippen MR) is 265 cm³/mol. The molecule has 0 atom stereocenters. The number of aliphatic hydroxyl groups excluding tert-OH is 1. The Labute approximate surface area is 344 Å². The van der Waals surface area contributed by atoms with Crippen LogP contribution in [-0.4, -0.2) is 85.7 Å². The number of unbranched alkanes of at least 4 members (excludes halogenated alkanes) is 9. The van der Waals surface area contributed by atoms with Gasteiger partial charge in [-0.2, -0.15) is 0 Å². The van der Waals surface area contributed by atoms with E-state index in [2.05, 4.69) is 128 Å². The third kappa shape index (κ3) is 17.5. The molecule has 48 heavy (non-hydrogen) atoms. The summed E-state index contributed by atoms with van der Waals surface area (Å²) in [5, 5.41) is 12.5. The van der Waals surface area contributed by atoms with Crippen molar-refractivity contribution in [3.63, 3.8) is 0 Å². The minimum absolute atomic E-state index is 0.0801. The van der Waals surface area contributed by atoms with Gasteiger partial charge < -0.3 is 0 Å². The maximum absolute atomic E-state index is 12.5. The Bertz CT molecular complexity index is 662. The van der Waals surface area contributed by atoms with Gasteiger partial charge in [0.05, 0.1) is 0 Å². The van der Waals surface area contributed by atoms with Crippen LogP contribution >= 0.6 is 78.9 Å². The Hall–Kier alpha value is 3.44. The third-order valence-electron chi connectivity index (χ3n) is 12.2. The summed E-state index contributed by atoms with van der Waals surface area (Å²) in [6, 6.07) is 0. The summed E-state index contributed by atoms with van der Waals surface area (Å²) in [5.41, 5.74) is 0.0801. The molecule has 0 aliphatic rings. The van der Waals surface area contributed by atoms with E-state index in [0.717, 1.165) is 0 Å². The van der Waals surface area contributed by atoms with Crippen LogP contribution in [0.5, 0.6) is 0 Å². The molecule has 0 radical (unpaired) electrons. The zero-order valence-corrected chi connectivity index (χ0v) is 43.5. The molecule has 0 saturated heterocycles. The first-order valence-corrected chi connectivity index (χ1v) is 38.7. The van der Waals surface area contributed by atoms with Crippen LogP contribution in [0.25, 0.3) is 0 Å². The quantitative estimate of drug-likeness (QED) is 0.0503. The summed E-state index contributed by atoms with van der Waals surface area (Å²) < 4.78 is -6.42. The number of aliphatic hydroxyl groups is 1. The first kappa shape index (κ1) is 51.4. The van der Waals surface area contributed by atoms with E-state index in [1.807, 2.05) is 0 Å². The van der Waals surface area contributed by atoms with Crippen LogP contribution in [-0.2, 0) is 0 Å². The van der Waals surface area contributed by atoms with Crippen LogP contribution < -0.4 is 0 Å². The van der Waals surface area contributed by atoms with Crippen molar-refractivity contribution in [1.29, 1.82) is 0 Å². The summed E-state index contributed by atoms with van der Waals surface area (Å²) in [6.45, 7) is 22.4. The van der Waals surface area contributed by atoms with E-state index in [-0.39, 0.29) is 5.41 Å². The number of hydrogen-bond donors (Lipinski definition) is 1. The van der Waals surface area contributed by atoms with Gasteiger partial charge in [-0.1, -0.05) is 0 Å². The topological polar surface area (TPSA) is 20.2 Å². The van der Waals surface area contributed by atoms with Crippen molar-refractivity contribution >= 4 is 78.9 Å². The van der Waals surface area contributed by atoms with Crippen molar-refractivity contribution in [2.45, 2.75) is 178 Å². The molecular weight excluding hydrogens is 982 g/mol. The Balaban J connectivity index is 8.12. The SMILES string of the molecule is CCCCP(I)(CCCC)(CCCC)CC(CO)(CP(I)(CCCC)(CCCC)CCCC)CP(I)(CCCC)(CCCC)CCCC. The van der Waals surface area contributed by atoms with Gasteiger partial charge in [0.25, 0.3) is 0 Å². The molecule has 0 fully saturated rings. The van der Waals surface area contributed by atoms with Crippen LogP contribution in [0.2, 0.25) is 0 Å². The van der Waals surface area contributed by atoms with Gasteiger partial charge in [-0.25, -0.2) is 0 Å². The molecule has 296 valence electrons. The van der Waals surface area contributed by atoms with Gasteiger partial charge in [0.1, 0.15) is 0 Å². The second-order valence-corrected chi connectivity index (χ2v) is 57.7. The van der Waals surface area contributed by atoms with Crippen molar-refractivity contribution < 1.29 is 5.11 Å². The second-order valence-electron chi connectivity index (χ2n) is 17.3. The maximum atomic E-state index is 12.5. The Morgan fingerprint density at radius 3 is 0.583 bits per heavy atom. The van der Waals surface area contributed by atoms with Crippen molar-refractivity contribution in [2.75, 3.05) is 80.5 Å². The van der Waals surface area contributed by atoms with Crippen molar-refractivity contribution in [2.24, 2.45) is 5.41 Å². The molecule has 1 nitrogen and oxygen atoms in total. The van der Waals surface area contributed by atoms with Crippen LogP contribution in [0, 0.1) is 5.41 Å². The average molecular weight is 1070 g/mol. The first-order chi connectivity index (χ1) is 22.6. The average Bonchev–Trinajstić information content (AvgIpc) is 3.08. The molecule has 0 amide bonds. The molecule has 0 aromatic rings. The van der Waals surface area contributed by atoms with Crippen LogP contribution in [0.3, 0.4) is 0 Å². The van der Waals surface area contributed by atoms with E-state index in [1.54, 1.807) is 0 Å². The van der Waals surface area contributed by atoms with Gasteiger partial charge in [-0.3, -0.25) is 0 Å². The van der Waals surface area contributed by atoms with Gasteiger partial charge >= 0.3 is 348 Å². The Morgan fingerprint density at radius 1 is 0.333 bits per heavy atom. The fraction of sp³-hybridized carbons (Fsp3) is 1.00. The van der Waals surface area contributed by atoms with E-state index in [1.165, 1.54) is 190 Å². The van der Waals surface area contributed by atoms with E-state index in [9.17, 15) is 5.11 Å². The molecule has 0 rings (SSSR count). The summed E-state index contributed by atoms with van der Waals surface area (Å²) in [7, 11) is 0. The van der Waals surface area contributed by atoms with E-state index in [4.69, 9.17) is 0 Å². The molecule has 0 spiro atoms. The molecule has 0 aromatic carbocycles. The standard InChI is InChI=1S/C41H90I3OP3/c1-10-19-28-46(42,29-20-11-2,30-21-12-3)38-41(37-45,39-47(43,31-22-13-4,32-23-14-5)33-24-15-6)40-48(44,34-25-16-7,35-26-17-8)36-27-18-9/h45H,10-40H2,1-9H3. The molecule has 0 heterocycles. The van der Waals surface area contributed by atoms with Crippen molar-refractivity contribution in [1.82, 2.24) is 0 Å². The normalized spacial score (nSPS) is 16.8. The molecule has 7 heteroatoms. The van der Waals surface area contributed by atoms with E-state index < -0.39 is 12.7 Å². The predicted octanol–water partition coefficient (Wildman–Crippen LogP) is 16.9. The molecule has 0 bridgehead atoms. The number of halogens is 3. The molecule has 0 aliphatic carbocycles. The zero-order valence-electron chi connectivity index (χ0n) is 34.3. The van der Waals surface area contributed by atoms with E-state index >= 15 is 0 Å². The molecule has 0 saturated carbocycles. The first-order valence-electron chi connectivity index (χ1n) is 21.4. The number of hydrogen-bond acceptors (Lipinski definition) is 1. The van der Waals surface area contributed by atoms with Crippen LogP contribution in [0.4, 0.5) is 0 Å². The van der Waals surface area contributed by atoms with Gasteiger partial charge in [-0.05, 0) is 0 Å². The molecule has 0 unspecified atom stereocenters. The van der Waals surface area contributed by atoms with Gasteiger partial charge in [0, 0.05) is 0 Å². The third-order valence-corrected chi connectivity index (χ3v) is 45.5. The summed E-state index contributed by atoms with van der Waals surface area (Å²) in [6.07, 6.45) is 41.7. The number of rotatable bonds is 34. The van der Waals surface area contributed by atoms with E-state index in [0.29, 0.717) is 6.61 Å². The molecule has 0 aromatic heterocycles. The zero-order chi connectivity index (χ0) is 36.8. The Morgan fingerprint density at radius 2 is 0.479 bits per heavy atom. The molecule has 0 aliphatic heterocycles. The summed E-state index contributed by atoms with van der Waals surface area (Å²) in [4.78, 5) is 0.